The van der Waals surface area contributed by atoms with Crippen molar-refractivity contribution in [2.75, 3.05) is 44.8 Å². The summed E-state index contributed by atoms with van der Waals surface area (Å²) in [4.78, 5) is 33.2. The lowest BCUT2D eigenvalue weighted by Crippen LogP contribution is -2.64. The molecule has 0 amide bonds. The number of nitrogens with zero attached hydrogens (tertiary/aromatic N) is 1. The van der Waals surface area contributed by atoms with Crippen LogP contribution in [0.25, 0.3) is 0 Å². The zero-order valence-corrected chi connectivity index (χ0v) is 28.3. The molecule has 5 N–H and O–H groups in total. The highest BCUT2D eigenvalue weighted by Gasteiger charge is 2.50. The van der Waals surface area contributed by atoms with E-state index in [1.807, 2.05) is 26.8 Å². The Morgan fingerprint density at radius 1 is 1.13 bits per heavy atom. The highest BCUT2D eigenvalue weighted by Crippen LogP contribution is 2.43. The molecule has 2 aromatic rings. The summed E-state index contributed by atoms with van der Waals surface area (Å²) in [5.41, 5.74) is 0.202. The first kappa shape index (κ1) is 35.7. The van der Waals surface area contributed by atoms with Gasteiger partial charge in [-0.05, 0) is 50.5 Å². The molecule has 0 aromatic heterocycles. The van der Waals surface area contributed by atoms with Gasteiger partial charge in [-0.1, -0.05) is 36.4 Å². The van der Waals surface area contributed by atoms with Gasteiger partial charge in [0.25, 0.3) is 0 Å². The number of phosphoric ester groups is 1. The summed E-state index contributed by atoms with van der Waals surface area (Å²) >= 11 is 0. The van der Waals surface area contributed by atoms with Gasteiger partial charge < -0.3 is 29.3 Å². The molecular weight excluding hydrogens is 619 g/mol. The number of fused-ring (bicyclic) bond motifs is 3. The summed E-state index contributed by atoms with van der Waals surface area (Å²) in [5.74, 6) is -0.119. The average Bonchev–Trinajstić information content (AvgIpc) is 2.97. The van der Waals surface area contributed by atoms with Gasteiger partial charge in [0.15, 0.2) is 6.10 Å². The SMILES string of the molecule is C[S@@](=O)CC[C@](CO)(C(=O)O[C@H]1C[N+]2(Cc3cc(C(O)CNC(C)(C)C)ccc3OP(=O)(O)O)CCC1CC2)c1ccccc1. The van der Waals surface area contributed by atoms with E-state index in [1.165, 1.54) is 6.07 Å². The lowest BCUT2D eigenvalue weighted by molar-refractivity contribution is -0.958. The summed E-state index contributed by atoms with van der Waals surface area (Å²) < 4.78 is 35.7. The molecule has 250 valence electrons. The minimum Gasteiger partial charge on any atom is -0.455 e. The third kappa shape index (κ3) is 9.23. The minimum atomic E-state index is -4.86. The molecule has 3 saturated heterocycles. The number of carbonyl (C=O) groups is 1. The van der Waals surface area contributed by atoms with Crippen LogP contribution in [0.2, 0.25) is 0 Å². The normalized spacial score (nSPS) is 24.4. The molecule has 0 aliphatic carbocycles. The summed E-state index contributed by atoms with van der Waals surface area (Å²) in [6, 6.07) is 13.8. The standard InChI is InChI=1S/C32H47N2O9PS/c1-31(2,3)33-19-27(36)24-10-11-28(43-44(38,39)40)25(18-24)20-34-15-12-23(13-16-34)29(21-34)42-30(37)32(22-35,14-17-45(4)41)26-8-6-5-7-9-26/h5-11,18,23,27,29,33,35-36H,12-17,19-22H2,1-4H3,(H-,38,39,40)/p+1/t23?,27?,29-,32+,34?,45+/m0/s1. The highest BCUT2D eigenvalue weighted by atomic mass is 32.2. The number of benzene rings is 2. The maximum absolute atomic E-state index is 14.0. The molecule has 0 radical (unpaired) electrons. The van der Waals surface area contributed by atoms with E-state index < -0.39 is 48.8 Å². The molecule has 1 unspecified atom stereocenters. The van der Waals surface area contributed by atoms with Crippen LogP contribution in [0, 0.1) is 5.92 Å². The molecule has 0 spiro atoms. The monoisotopic (exact) mass is 667 g/mol. The van der Waals surface area contributed by atoms with Gasteiger partial charge in [0.05, 0.1) is 25.8 Å². The number of β-amino-alcohol motifs (C(OH)–C–C–N with tert-alkyl or cyclic N) is 1. The Kier molecular flexibility index (Phi) is 11.4. The van der Waals surface area contributed by atoms with Crippen molar-refractivity contribution in [1.29, 1.82) is 0 Å². The Labute approximate surface area is 268 Å². The van der Waals surface area contributed by atoms with Crippen LogP contribution < -0.4 is 9.84 Å². The van der Waals surface area contributed by atoms with E-state index >= 15 is 0 Å². The van der Waals surface area contributed by atoms with E-state index in [9.17, 15) is 33.6 Å². The van der Waals surface area contributed by atoms with Gasteiger partial charge in [-0.2, -0.15) is 0 Å². The third-order valence-corrected chi connectivity index (χ3v) is 10.3. The molecule has 2 aromatic carbocycles. The lowest BCUT2D eigenvalue weighted by Gasteiger charge is -2.52. The fraction of sp³-hybridized carbons (Fsp3) is 0.594. The van der Waals surface area contributed by atoms with E-state index in [2.05, 4.69) is 5.32 Å². The van der Waals surface area contributed by atoms with Gasteiger partial charge in [-0.3, -0.25) is 18.8 Å². The van der Waals surface area contributed by atoms with Crippen LogP contribution in [-0.2, 0) is 36.9 Å². The molecule has 2 bridgehead atoms. The zero-order chi connectivity index (χ0) is 33.0. The summed E-state index contributed by atoms with van der Waals surface area (Å²) in [7, 11) is -6.03. The number of rotatable bonds is 14. The smallest absolute Gasteiger partial charge is 0.455 e. The summed E-state index contributed by atoms with van der Waals surface area (Å²) in [5, 5.41) is 24.8. The molecule has 3 fully saturated rings. The van der Waals surface area contributed by atoms with Gasteiger partial charge in [0, 0.05) is 59.2 Å². The fourth-order valence-corrected chi connectivity index (χ4v) is 7.60. The molecule has 0 saturated carbocycles. The Balaban J connectivity index is 1.59. The molecule has 45 heavy (non-hydrogen) atoms. The summed E-state index contributed by atoms with van der Waals surface area (Å²) in [6.45, 7) is 8.22. The number of nitrogens with one attached hydrogen (secondary N) is 1. The van der Waals surface area contributed by atoms with Crippen LogP contribution in [-0.4, -0.2) is 91.1 Å². The molecule has 5 rings (SSSR count). The van der Waals surface area contributed by atoms with E-state index in [0.29, 0.717) is 40.8 Å². The number of hydrogen-bond acceptors (Lipinski definition) is 8. The number of aliphatic hydroxyl groups excluding tert-OH is 2. The zero-order valence-electron chi connectivity index (χ0n) is 26.6. The number of aliphatic hydroxyl groups is 2. The second-order valence-electron chi connectivity index (χ2n) is 13.6. The van der Waals surface area contributed by atoms with Crippen LogP contribution in [0.3, 0.4) is 0 Å². The molecular formula is C32H48N2O9PS+. The maximum Gasteiger partial charge on any atom is 0.524 e. The van der Waals surface area contributed by atoms with Gasteiger partial charge in [0.2, 0.25) is 0 Å². The van der Waals surface area contributed by atoms with Gasteiger partial charge in [-0.15, -0.1) is 0 Å². The molecule has 13 heteroatoms. The predicted octanol–water partition coefficient (Wildman–Crippen LogP) is 2.93. The predicted molar refractivity (Wildman–Crippen MR) is 172 cm³/mol. The van der Waals surface area contributed by atoms with Crippen LogP contribution >= 0.6 is 7.82 Å². The number of carbonyl (C=O) groups excluding carboxylic acids is 1. The Hall–Kier alpha value is -2.15. The Bertz CT molecular complexity index is 1390. The first-order valence-corrected chi connectivity index (χ1v) is 18.6. The lowest BCUT2D eigenvalue weighted by atomic mass is 9.78. The van der Waals surface area contributed by atoms with Gasteiger partial charge >= 0.3 is 13.8 Å². The van der Waals surface area contributed by atoms with E-state index in [0.717, 1.165) is 25.9 Å². The quantitative estimate of drug-likeness (QED) is 0.115. The van der Waals surface area contributed by atoms with Crippen LogP contribution in [0.5, 0.6) is 5.75 Å². The highest BCUT2D eigenvalue weighted by molar-refractivity contribution is 7.84. The van der Waals surface area contributed by atoms with Gasteiger partial charge in [0.1, 0.15) is 24.3 Å². The molecule has 3 aliphatic heterocycles. The Morgan fingerprint density at radius 3 is 2.38 bits per heavy atom. The van der Waals surface area contributed by atoms with E-state index in [4.69, 9.17) is 9.26 Å². The largest absolute Gasteiger partial charge is 0.524 e. The number of quaternary nitrogens is 1. The molecule has 3 heterocycles. The van der Waals surface area contributed by atoms with Crippen LogP contribution in [0.4, 0.5) is 0 Å². The van der Waals surface area contributed by atoms with Crippen molar-refractivity contribution in [3.8, 4) is 5.75 Å². The van der Waals surface area contributed by atoms with Crippen LogP contribution in [0.15, 0.2) is 48.5 Å². The summed E-state index contributed by atoms with van der Waals surface area (Å²) in [6.07, 6.45) is 2.04. The topological polar surface area (TPSA) is 163 Å². The van der Waals surface area contributed by atoms with Crippen molar-refractivity contribution in [2.45, 2.75) is 69.7 Å². The van der Waals surface area contributed by atoms with Crippen molar-refractivity contribution in [3.05, 3.63) is 65.2 Å². The number of esters is 1. The van der Waals surface area contributed by atoms with Crippen molar-refractivity contribution in [1.82, 2.24) is 5.32 Å². The number of phosphoric acid groups is 1. The Morgan fingerprint density at radius 2 is 1.80 bits per heavy atom. The maximum atomic E-state index is 14.0. The van der Waals surface area contributed by atoms with Crippen molar-refractivity contribution in [3.63, 3.8) is 0 Å². The third-order valence-electron chi connectivity index (χ3n) is 9.12. The molecule has 3 aliphatic rings. The van der Waals surface area contributed by atoms with Crippen molar-refractivity contribution < 1.29 is 47.3 Å². The minimum absolute atomic E-state index is 0.0488. The number of piperidine rings is 3. The fourth-order valence-electron chi connectivity index (χ4n) is 6.53. The van der Waals surface area contributed by atoms with Gasteiger partial charge in [-0.25, -0.2) is 4.57 Å². The van der Waals surface area contributed by atoms with Crippen molar-refractivity contribution >= 4 is 24.6 Å². The van der Waals surface area contributed by atoms with Crippen molar-refractivity contribution in [2.24, 2.45) is 5.92 Å². The number of ether oxygens (including phenoxy) is 1. The first-order valence-electron chi connectivity index (χ1n) is 15.4. The average molecular weight is 668 g/mol. The molecule has 11 nitrogen and oxygen atoms in total. The van der Waals surface area contributed by atoms with E-state index in [1.54, 1.807) is 42.7 Å². The second kappa shape index (κ2) is 14.3. The first-order chi connectivity index (χ1) is 21.0. The second-order valence-corrected chi connectivity index (χ2v) is 16.4. The van der Waals surface area contributed by atoms with E-state index in [-0.39, 0.29) is 29.4 Å². The molecule has 4 atom stereocenters. The number of hydrogen-bond donors (Lipinski definition) is 5. The van der Waals surface area contributed by atoms with Crippen LogP contribution in [0.1, 0.15) is 62.8 Å².